The second kappa shape index (κ2) is 7.61. The van der Waals surface area contributed by atoms with Gasteiger partial charge in [0.15, 0.2) is 0 Å². The van der Waals surface area contributed by atoms with Crippen LogP contribution in [0.25, 0.3) is 0 Å². The van der Waals surface area contributed by atoms with E-state index in [0.29, 0.717) is 28.3 Å². The molecule has 1 aliphatic heterocycles. The zero-order valence-corrected chi connectivity index (χ0v) is 15.3. The molecular formula is C19H19N3O3S. The number of amides is 3. The maximum absolute atomic E-state index is 12.4. The van der Waals surface area contributed by atoms with Gasteiger partial charge in [-0.15, -0.1) is 11.8 Å². The third-order valence-electron chi connectivity index (χ3n) is 3.70. The number of carbonyl (C=O) groups excluding carboxylic acids is 3. The largest absolute Gasteiger partial charge is 0.350 e. The smallest absolute Gasteiger partial charge is 0.255 e. The van der Waals surface area contributed by atoms with Crippen molar-refractivity contribution in [3.05, 3.63) is 53.6 Å². The number of hydrogen-bond acceptors (Lipinski definition) is 4. The molecule has 0 saturated carbocycles. The molecule has 3 amide bonds. The van der Waals surface area contributed by atoms with Crippen molar-refractivity contribution in [2.45, 2.75) is 24.8 Å². The summed E-state index contributed by atoms with van der Waals surface area (Å²) in [7, 11) is 0. The van der Waals surface area contributed by atoms with Crippen molar-refractivity contribution in [3.8, 4) is 0 Å². The van der Waals surface area contributed by atoms with Crippen molar-refractivity contribution in [3.63, 3.8) is 0 Å². The Bertz CT molecular complexity index is 863. The fourth-order valence-corrected chi connectivity index (χ4v) is 3.27. The lowest BCUT2D eigenvalue weighted by Crippen LogP contribution is -2.30. The molecule has 1 aliphatic rings. The lowest BCUT2D eigenvalue weighted by Gasteiger charge is -2.17. The number of hydrogen-bond donors (Lipinski definition) is 3. The number of benzene rings is 2. The van der Waals surface area contributed by atoms with Gasteiger partial charge in [0.2, 0.25) is 5.91 Å². The van der Waals surface area contributed by atoms with E-state index in [1.165, 1.54) is 11.8 Å². The van der Waals surface area contributed by atoms with Crippen LogP contribution in [-0.4, -0.2) is 29.5 Å². The van der Waals surface area contributed by atoms with Crippen molar-refractivity contribution in [2.24, 2.45) is 0 Å². The Balaban J connectivity index is 1.69. The summed E-state index contributed by atoms with van der Waals surface area (Å²) >= 11 is 1.45. The molecule has 0 aromatic heterocycles. The van der Waals surface area contributed by atoms with E-state index < -0.39 is 0 Å². The first-order valence-corrected chi connectivity index (χ1v) is 9.20. The second-order valence-electron chi connectivity index (χ2n) is 6.21. The molecular weight excluding hydrogens is 350 g/mol. The maximum atomic E-state index is 12.4. The minimum atomic E-state index is -0.281. The number of anilines is 2. The SMILES string of the molecule is CC(C)NC(=O)c1ccc(NC(=O)c2ccc3c(c2)NC(=O)CS3)cc1. The van der Waals surface area contributed by atoms with Gasteiger partial charge >= 0.3 is 0 Å². The number of nitrogens with one attached hydrogen (secondary N) is 3. The van der Waals surface area contributed by atoms with Crippen LogP contribution in [0.5, 0.6) is 0 Å². The number of rotatable bonds is 4. The van der Waals surface area contributed by atoms with E-state index in [9.17, 15) is 14.4 Å². The quantitative estimate of drug-likeness (QED) is 0.773. The van der Waals surface area contributed by atoms with E-state index in [2.05, 4.69) is 16.0 Å². The molecule has 0 spiro atoms. The van der Waals surface area contributed by atoms with Gasteiger partial charge < -0.3 is 16.0 Å². The first-order chi connectivity index (χ1) is 12.4. The van der Waals surface area contributed by atoms with E-state index in [4.69, 9.17) is 0 Å². The Hall–Kier alpha value is -2.80. The molecule has 3 rings (SSSR count). The molecule has 2 aromatic carbocycles. The molecule has 0 atom stereocenters. The normalized spacial score (nSPS) is 13.0. The van der Waals surface area contributed by atoms with Crippen molar-refractivity contribution < 1.29 is 14.4 Å². The highest BCUT2D eigenvalue weighted by atomic mass is 32.2. The first kappa shape index (κ1) is 18.0. The van der Waals surface area contributed by atoms with Crippen LogP contribution in [-0.2, 0) is 4.79 Å². The summed E-state index contributed by atoms with van der Waals surface area (Å²) < 4.78 is 0. The summed E-state index contributed by atoms with van der Waals surface area (Å²) in [5.74, 6) is -0.122. The molecule has 26 heavy (non-hydrogen) atoms. The van der Waals surface area contributed by atoms with Crippen molar-refractivity contribution in [2.75, 3.05) is 16.4 Å². The van der Waals surface area contributed by atoms with Gasteiger partial charge in [0.1, 0.15) is 0 Å². The summed E-state index contributed by atoms with van der Waals surface area (Å²) in [6, 6.07) is 12.0. The van der Waals surface area contributed by atoms with E-state index in [1.807, 2.05) is 19.9 Å². The summed E-state index contributed by atoms with van der Waals surface area (Å²) in [5, 5.41) is 8.38. The highest BCUT2D eigenvalue weighted by molar-refractivity contribution is 8.00. The Morgan fingerprint density at radius 1 is 1.04 bits per heavy atom. The van der Waals surface area contributed by atoms with Crippen LogP contribution in [0.3, 0.4) is 0 Å². The highest BCUT2D eigenvalue weighted by Gasteiger charge is 2.17. The van der Waals surface area contributed by atoms with Crippen LogP contribution >= 0.6 is 11.8 Å². The molecule has 3 N–H and O–H groups in total. The zero-order chi connectivity index (χ0) is 18.7. The zero-order valence-electron chi connectivity index (χ0n) is 14.5. The predicted octanol–water partition coefficient (Wildman–Crippen LogP) is 3.12. The van der Waals surface area contributed by atoms with Gasteiger partial charge in [0.05, 0.1) is 11.4 Å². The van der Waals surface area contributed by atoms with Gasteiger partial charge in [-0.05, 0) is 56.3 Å². The number of fused-ring (bicyclic) bond motifs is 1. The molecule has 0 bridgehead atoms. The summed E-state index contributed by atoms with van der Waals surface area (Å²) in [4.78, 5) is 36.8. The average molecular weight is 369 g/mol. The Labute approximate surface area is 155 Å². The molecule has 7 heteroatoms. The molecule has 0 saturated heterocycles. The van der Waals surface area contributed by atoms with Gasteiger partial charge in [0.25, 0.3) is 11.8 Å². The molecule has 6 nitrogen and oxygen atoms in total. The molecule has 134 valence electrons. The average Bonchev–Trinajstić information content (AvgIpc) is 2.61. The number of carbonyl (C=O) groups is 3. The van der Waals surface area contributed by atoms with E-state index in [1.54, 1.807) is 36.4 Å². The summed E-state index contributed by atoms with van der Waals surface area (Å²) in [6.07, 6.45) is 0. The molecule has 2 aromatic rings. The topological polar surface area (TPSA) is 87.3 Å². The lowest BCUT2D eigenvalue weighted by molar-refractivity contribution is -0.113. The lowest BCUT2D eigenvalue weighted by atomic mass is 10.1. The van der Waals surface area contributed by atoms with Crippen LogP contribution in [0.1, 0.15) is 34.6 Å². The molecule has 1 heterocycles. The van der Waals surface area contributed by atoms with Gasteiger partial charge in [-0.25, -0.2) is 0 Å². The van der Waals surface area contributed by atoms with Crippen molar-refractivity contribution >= 4 is 40.9 Å². The fourth-order valence-electron chi connectivity index (χ4n) is 2.48. The fraction of sp³-hybridized carbons (Fsp3) is 0.211. The van der Waals surface area contributed by atoms with Gasteiger partial charge in [0, 0.05) is 27.8 Å². The van der Waals surface area contributed by atoms with Gasteiger partial charge in [-0.2, -0.15) is 0 Å². The minimum Gasteiger partial charge on any atom is -0.350 e. The Morgan fingerprint density at radius 3 is 2.42 bits per heavy atom. The van der Waals surface area contributed by atoms with E-state index in [-0.39, 0.29) is 23.8 Å². The van der Waals surface area contributed by atoms with E-state index >= 15 is 0 Å². The summed E-state index contributed by atoms with van der Waals surface area (Å²) in [5.41, 5.74) is 2.23. The van der Waals surface area contributed by atoms with Crippen LogP contribution in [0.15, 0.2) is 47.4 Å². The molecule has 0 unspecified atom stereocenters. The molecule has 0 fully saturated rings. The van der Waals surface area contributed by atoms with E-state index in [0.717, 1.165) is 4.90 Å². The maximum Gasteiger partial charge on any atom is 0.255 e. The van der Waals surface area contributed by atoms with Gasteiger partial charge in [-0.3, -0.25) is 14.4 Å². The van der Waals surface area contributed by atoms with Crippen molar-refractivity contribution in [1.29, 1.82) is 0 Å². The predicted molar refractivity (Wildman–Crippen MR) is 103 cm³/mol. The Kier molecular flexibility index (Phi) is 5.27. The molecule has 0 radical (unpaired) electrons. The van der Waals surface area contributed by atoms with Crippen LogP contribution in [0.4, 0.5) is 11.4 Å². The first-order valence-electron chi connectivity index (χ1n) is 8.21. The standard InChI is InChI=1S/C19H19N3O3S/c1-11(2)20-18(24)12-3-6-14(7-4-12)21-19(25)13-5-8-16-15(9-13)22-17(23)10-26-16/h3-9,11H,10H2,1-2H3,(H,20,24)(H,21,25)(H,22,23). The number of thioether (sulfide) groups is 1. The third kappa shape index (κ3) is 4.23. The second-order valence-corrected chi connectivity index (χ2v) is 7.22. The van der Waals surface area contributed by atoms with Crippen LogP contribution in [0.2, 0.25) is 0 Å². The monoisotopic (exact) mass is 369 g/mol. The van der Waals surface area contributed by atoms with Crippen LogP contribution < -0.4 is 16.0 Å². The van der Waals surface area contributed by atoms with Crippen molar-refractivity contribution in [1.82, 2.24) is 5.32 Å². The third-order valence-corrected chi connectivity index (χ3v) is 4.77. The summed E-state index contributed by atoms with van der Waals surface area (Å²) in [6.45, 7) is 3.79. The Morgan fingerprint density at radius 2 is 1.73 bits per heavy atom. The molecule has 0 aliphatic carbocycles. The van der Waals surface area contributed by atoms with Crippen LogP contribution in [0, 0.1) is 0 Å². The minimum absolute atomic E-state index is 0.0598. The highest BCUT2D eigenvalue weighted by Crippen LogP contribution is 2.32. The van der Waals surface area contributed by atoms with Gasteiger partial charge in [-0.1, -0.05) is 0 Å².